The highest BCUT2D eigenvalue weighted by atomic mass is 32.2. The van der Waals surface area contributed by atoms with Crippen LogP contribution in [0.25, 0.3) is 0 Å². The normalized spacial score (nSPS) is 16.3. The van der Waals surface area contributed by atoms with Gasteiger partial charge in [-0.25, -0.2) is 8.42 Å². The summed E-state index contributed by atoms with van der Waals surface area (Å²) in [7, 11) is -3.38. The minimum absolute atomic E-state index is 0.0358. The Morgan fingerprint density at radius 3 is 2.33 bits per heavy atom. The average Bonchev–Trinajstić information content (AvgIpc) is 2.59. The van der Waals surface area contributed by atoms with Gasteiger partial charge in [0.1, 0.15) is 0 Å². The molecular weight excluding hydrogens is 324 g/mol. The molecule has 0 bridgehead atoms. The molecule has 5 nitrogen and oxygen atoms in total. The maximum atomic E-state index is 12.6. The summed E-state index contributed by atoms with van der Waals surface area (Å²) >= 11 is 0. The van der Waals surface area contributed by atoms with Crippen LogP contribution in [-0.2, 0) is 21.4 Å². The molecule has 2 rings (SSSR count). The van der Waals surface area contributed by atoms with Crippen LogP contribution in [0.4, 0.5) is 0 Å². The molecule has 6 heteroatoms. The van der Waals surface area contributed by atoms with Crippen LogP contribution in [0.1, 0.15) is 51.5 Å². The predicted octanol–water partition coefficient (Wildman–Crippen LogP) is 2.91. The molecule has 0 atom stereocenters. The lowest BCUT2D eigenvalue weighted by Gasteiger charge is -2.25. The van der Waals surface area contributed by atoms with Gasteiger partial charge in [-0.3, -0.25) is 4.79 Å². The Hall–Kier alpha value is -1.40. The summed E-state index contributed by atoms with van der Waals surface area (Å²) in [5.74, 6) is 0.545. The van der Waals surface area contributed by atoms with E-state index in [0.29, 0.717) is 36.9 Å². The van der Waals surface area contributed by atoms with E-state index < -0.39 is 10.0 Å². The lowest BCUT2D eigenvalue weighted by atomic mass is 10.1. The van der Waals surface area contributed by atoms with Gasteiger partial charge in [0.2, 0.25) is 15.9 Å². The second-order valence-corrected chi connectivity index (χ2v) is 8.76. The molecule has 0 unspecified atom stereocenters. The second-order valence-electron chi connectivity index (χ2n) is 6.82. The fourth-order valence-corrected chi connectivity index (χ4v) is 4.26. The first-order valence-electron chi connectivity index (χ1n) is 8.75. The molecule has 0 aromatic heterocycles. The van der Waals surface area contributed by atoms with Crippen molar-refractivity contribution in [3.05, 3.63) is 29.8 Å². The number of carbonyl (C=O) groups is 1. The second kappa shape index (κ2) is 8.62. The zero-order valence-electron chi connectivity index (χ0n) is 14.6. The predicted molar refractivity (Wildman–Crippen MR) is 95.0 cm³/mol. The monoisotopic (exact) mass is 352 g/mol. The highest BCUT2D eigenvalue weighted by Crippen LogP contribution is 2.20. The molecule has 1 heterocycles. The SMILES string of the molecule is CC(C)CCC(=O)NCc1ccc(S(=O)(=O)N2CCCCC2)cc1. The highest BCUT2D eigenvalue weighted by molar-refractivity contribution is 7.89. The Bertz CT molecular complexity index is 633. The van der Waals surface area contributed by atoms with E-state index in [2.05, 4.69) is 19.2 Å². The molecule has 1 aliphatic rings. The Balaban J connectivity index is 1.91. The van der Waals surface area contributed by atoms with Crippen molar-refractivity contribution in [2.45, 2.75) is 57.4 Å². The smallest absolute Gasteiger partial charge is 0.243 e. The maximum Gasteiger partial charge on any atom is 0.243 e. The van der Waals surface area contributed by atoms with E-state index in [-0.39, 0.29) is 5.91 Å². The Kier molecular flexibility index (Phi) is 6.80. The summed E-state index contributed by atoms with van der Waals surface area (Å²) in [6.07, 6.45) is 4.36. The number of sulfonamides is 1. The van der Waals surface area contributed by atoms with Gasteiger partial charge in [0.25, 0.3) is 0 Å². The van der Waals surface area contributed by atoms with Crippen LogP contribution < -0.4 is 5.32 Å². The Morgan fingerprint density at radius 2 is 1.75 bits per heavy atom. The molecule has 0 aliphatic carbocycles. The minimum Gasteiger partial charge on any atom is -0.352 e. The first-order chi connectivity index (χ1) is 11.4. The van der Waals surface area contributed by atoms with Crippen LogP contribution in [0.5, 0.6) is 0 Å². The van der Waals surface area contributed by atoms with E-state index >= 15 is 0 Å². The van der Waals surface area contributed by atoms with Crippen molar-refractivity contribution in [1.29, 1.82) is 0 Å². The summed E-state index contributed by atoms with van der Waals surface area (Å²) in [5.41, 5.74) is 0.908. The van der Waals surface area contributed by atoms with E-state index in [9.17, 15) is 13.2 Å². The Labute approximate surface area is 145 Å². The van der Waals surface area contributed by atoms with Crippen molar-refractivity contribution in [1.82, 2.24) is 9.62 Å². The molecule has 1 N–H and O–H groups in total. The van der Waals surface area contributed by atoms with Gasteiger partial charge in [-0.05, 0) is 42.9 Å². The first-order valence-corrected chi connectivity index (χ1v) is 10.2. The third kappa shape index (κ3) is 5.31. The highest BCUT2D eigenvalue weighted by Gasteiger charge is 2.25. The van der Waals surface area contributed by atoms with E-state index in [0.717, 1.165) is 31.2 Å². The first kappa shape index (κ1) is 18.9. The van der Waals surface area contributed by atoms with Crippen LogP contribution >= 0.6 is 0 Å². The number of benzene rings is 1. The number of hydrogen-bond donors (Lipinski definition) is 1. The topological polar surface area (TPSA) is 66.5 Å². The molecule has 1 saturated heterocycles. The van der Waals surface area contributed by atoms with Crippen molar-refractivity contribution in [2.24, 2.45) is 5.92 Å². The van der Waals surface area contributed by atoms with Gasteiger partial charge in [-0.1, -0.05) is 32.4 Å². The summed E-state index contributed by atoms with van der Waals surface area (Å²) < 4.78 is 26.7. The third-order valence-corrected chi connectivity index (χ3v) is 6.23. The number of nitrogens with one attached hydrogen (secondary N) is 1. The van der Waals surface area contributed by atoms with Gasteiger partial charge in [0, 0.05) is 26.1 Å². The van der Waals surface area contributed by atoms with Crippen LogP contribution in [0.3, 0.4) is 0 Å². The van der Waals surface area contributed by atoms with Crippen molar-refractivity contribution in [3.63, 3.8) is 0 Å². The molecule has 24 heavy (non-hydrogen) atoms. The fourth-order valence-electron chi connectivity index (χ4n) is 2.74. The molecule has 0 spiro atoms. The summed E-state index contributed by atoms with van der Waals surface area (Å²) in [5, 5.41) is 2.88. The molecule has 134 valence electrons. The van der Waals surface area contributed by atoms with Gasteiger partial charge in [0.15, 0.2) is 0 Å². The lowest BCUT2D eigenvalue weighted by molar-refractivity contribution is -0.121. The van der Waals surface area contributed by atoms with E-state index in [1.807, 2.05) is 0 Å². The van der Waals surface area contributed by atoms with Crippen LogP contribution in [-0.4, -0.2) is 31.7 Å². The summed E-state index contributed by atoms with van der Waals surface area (Å²) in [6, 6.07) is 6.83. The summed E-state index contributed by atoms with van der Waals surface area (Å²) in [6.45, 7) is 5.83. The lowest BCUT2D eigenvalue weighted by Crippen LogP contribution is -2.35. The van der Waals surface area contributed by atoms with Gasteiger partial charge in [0.05, 0.1) is 4.90 Å². The minimum atomic E-state index is -3.38. The molecule has 0 radical (unpaired) electrons. The summed E-state index contributed by atoms with van der Waals surface area (Å²) in [4.78, 5) is 12.1. The van der Waals surface area contributed by atoms with E-state index in [1.54, 1.807) is 28.6 Å². The Morgan fingerprint density at radius 1 is 1.12 bits per heavy atom. The number of nitrogens with zero attached hydrogens (tertiary/aromatic N) is 1. The van der Waals surface area contributed by atoms with E-state index in [4.69, 9.17) is 0 Å². The molecule has 1 amide bonds. The zero-order valence-corrected chi connectivity index (χ0v) is 15.4. The zero-order chi connectivity index (χ0) is 17.6. The van der Waals surface area contributed by atoms with Crippen LogP contribution in [0.2, 0.25) is 0 Å². The molecule has 1 aromatic carbocycles. The van der Waals surface area contributed by atoms with Gasteiger partial charge >= 0.3 is 0 Å². The van der Waals surface area contributed by atoms with Crippen LogP contribution in [0.15, 0.2) is 29.2 Å². The standard InChI is InChI=1S/C18H28N2O3S/c1-15(2)6-11-18(21)19-14-16-7-9-17(10-8-16)24(22,23)20-12-4-3-5-13-20/h7-10,15H,3-6,11-14H2,1-2H3,(H,19,21). The molecule has 1 aliphatic heterocycles. The third-order valence-electron chi connectivity index (χ3n) is 4.31. The van der Waals surface area contributed by atoms with Crippen molar-refractivity contribution < 1.29 is 13.2 Å². The number of amides is 1. The number of hydrogen-bond acceptors (Lipinski definition) is 3. The number of piperidine rings is 1. The largest absolute Gasteiger partial charge is 0.352 e. The van der Waals surface area contributed by atoms with Gasteiger partial charge in [-0.2, -0.15) is 4.31 Å². The fraction of sp³-hybridized carbons (Fsp3) is 0.611. The average molecular weight is 353 g/mol. The molecule has 1 fully saturated rings. The molecule has 1 aromatic rings. The van der Waals surface area contributed by atoms with Gasteiger partial charge < -0.3 is 5.32 Å². The maximum absolute atomic E-state index is 12.6. The molecule has 0 saturated carbocycles. The van der Waals surface area contributed by atoms with Gasteiger partial charge in [-0.15, -0.1) is 0 Å². The number of rotatable bonds is 7. The number of carbonyl (C=O) groups excluding carboxylic acids is 1. The van der Waals surface area contributed by atoms with Crippen molar-refractivity contribution in [3.8, 4) is 0 Å². The van der Waals surface area contributed by atoms with Crippen LogP contribution in [0, 0.1) is 5.92 Å². The van der Waals surface area contributed by atoms with Crippen molar-refractivity contribution >= 4 is 15.9 Å². The van der Waals surface area contributed by atoms with E-state index in [1.165, 1.54) is 0 Å². The van der Waals surface area contributed by atoms with Crippen molar-refractivity contribution in [2.75, 3.05) is 13.1 Å². The molecular formula is C18H28N2O3S. The quantitative estimate of drug-likeness (QED) is 0.820.